The zero-order valence-corrected chi connectivity index (χ0v) is 13.6. The Kier molecular flexibility index (Phi) is 5.05. The third-order valence-electron chi connectivity index (χ3n) is 3.62. The molecule has 124 valence electrons. The molecule has 2 aromatic heterocycles. The van der Waals surface area contributed by atoms with Gasteiger partial charge in [-0.05, 0) is 12.0 Å². The van der Waals surface area contributed by atoms with Crippen molar-refractivity contribution in [3.05, 3.63) is 71.4 Å². The molecule has 0 aliphatic carbocycles. The number of amides is 1. The zero-order chi connectivity index (χ0) is 16.8. The standard InChI is InChI=1S/C18H20N4O2/c1-2-6-16-9-17(21-24-16)18(23)19-10-15-11-20-22(13-15)12-14-7-4-3-5-8-14/h3-5,7-9,11,13H,2,6,10,12H2,1H3,(H,19,23). The van der Waals surface area contributed by atoms with Crippen molar-refractivity contribution in [1.82, 2.24) is 20.3 Å². The number of nitrogens with zero attached hydrogens (tertiary/aromatic N) is 3. The van der Waals surface area contributed by atoms with Crippen LogP contribution in [0.4, 0.5) is 0 Å². The first-order valence-electron chi connectivity index (χ1n) is 8.03. The summed E-state index contributed by atoms with van der Waals surface area (Å²) in [5, 5.41) is 11.0. The van der Waals surface area contributed by atoms with E-state index in [1.54, 1.807) is 12.3 Å². The number of nitrogens with one attached hydrogen (secondary N) is 1. The van der Waals surface area contributed by atoms with Crippen molar-refractivity contribution in [2.24, 2.45) is 0 Å². The third-order valence-corrected chi connectivity index (χ3v) is 3.62. The highest BCUT2D eigenvalue weighted by Gasteiger charge is 2.12. The van der Waals surface area contributed by atoms with Gasteiger partial charge in [-0.25, -0.2) is 0 Å². The first kappa shape index (κ1) is 16.0. The highest BCUT2D eigenvalue weighted by atomic mass is 16.5. The molecule has 0 aliphatic heterocycles. The second kappa shape index (κ2) is 7.59. The normalized spacial score (nSPS) is 10.7. The Hall–Kier alpha value is -2.89. The van der Waals surface area contributed by atoms with Gasteiger partial charge < -0.3 is 9.84 Å². The molecule has 24 heavy (non-hydrogen) atoms. The number of carbonyl (C=O) groups excluding carboxylic acids is 1. The van der Waals surface area contributed by atoms with Crippen LogP contribution in [0.2, 0.25) is 0 Å². The molecule has 3 aromatic rings. The predicted molar refractivity (Wildman–Crippen MR) is 89.4 cm³/mol. The first-order chi connectivity index (χ1) is 11.7. The Balaban J connectivity index is 1.54. The maximum absolute atomic E-state index is 12.1. The maximum Gasteiger partial charge on any atom is 0.273 e. The molecule has 0 radical (unpaired) electrons. The topological polar surface area (TPSA) is 73.0 Å². The lowest BCUT2D eigenvalue weighted by Crippen LogP contribution is -2.22. The minimum Gasteiger partial charge on any atom is -0.361 e. The van der Waals surface area contributed by atoms with Crippen molar-refractivity contribution in [2.45, 2.75) is 32.9 Å². The molecule has 0 spiro atoms. The molecule has 6 nitrogen and oxygen atoms in total. The van der Waals surface area contributed by atoms with Gasteiger partial charge in [-0.15, -0.1) is 0 Å². The lowest BCUT2D eigenvalue weighted by atomic mass is 10.2. The molecular weight excluding hydrogens is 304 g/mol. The van der Waals surface area contributed by atoms with E-state index >= 15 is 0 Å². The van der Waals surface area contributed by atoms with Crippen LogP contribution < -0.4 is 5.32 Å². The summed E-state index contributed by atoms with van der Waals surface area (Å²) in [6, 6.07) is 11.8. The average Bonchev–Trinajstić information content (AvgIpc) is 3.24. The van der Waals surface area contributed by atoms with Crippen LogP contribution in [0.1, 0.15) is 40.7 Å². The minimum absolute atomic E-state index is 0.239. The van der Waals surface area contributed by atoms with E-state index in [1.165, 1.54) is 5.56 Å². The van der Waals surface area contributed by atoms with Gasteiger partial charge in [0.1, 0.15) is 5.76 Å². The van der Waals surface area contributed by atoms with Crippen molar-refractivity contribution in [2.75, 3.05) is 0 Å². The summed E-state index contributed by atoms with van der Waals surface area (Å²) in [5.41, 5.74) is 2.44. The molecule has 0 bridgehead atoms. The van der Waals surface area contributed by atoms with Crippen molar-refractivity contribution < 1.29 is 9.32 Å². The summed E-state index contributed by atoms with van der Waals surface area (Å²) in [7, 11) is 0. The number of aromatic nitrogens is 3. The van der Waals surface area contributed by atoms with E-state index in [0.29, 0.717) is 18.8 Å². The lowest BCUT2D eigenvalue weighted by molar-refractivity contribution is 0.0941. The summed E-state index contributed by atoms with van der Waals surface area (Å²) in [6.45, 7) is 3.16. The van der Waals surface area contributed by atoms with Gasteiger partial charge >= 0.3 is 0 Å². The Bertz CT molecular complexity index is 792. The zero-order valence-electron chi connectivity index (χ0n) is 13.6. The van der Waals surface area contributed by atoms with Crippen molar-refractivity contribution in [3.63, 3.8) is 0 Å². The SMILES string of the molecule is CCCc1cc(C(=O)NCc2cnn(Cc3ccccc3)c2)no1. The molecule has 1 N–H and O–H groups in total. The largest absolute Gasteiger partial charge is 0.361 e. The van der Waals surface area contributed by atoms with Crippen LogP contribution in [0.5, 0.6) is 0 Å². The van der Waals surface area contributed by atoms with Crippen LogP contribution in [-0.4, -0.2) is 20.8 Å². The molecule has 0 fully saturated rings. The van der Waals surface area contributed by atoms with Crippen LogP contribution in [0.25, 0.3) is 0 Å². The molecule has 1 amide bonds. The van der Waals surface area contributed by atoms with E-state index in [9.17, 15) is 4.79 Å². The molecule has 0 aliphatic rings. The number of benzene rings is 1. The molecule has 3 rings (SSSR count). The minimum atomic E-state index is -0.239. The van der Waals surface area contributed by atoms with E-state index in [1.807, 2.05) is 29.1 Å². The Morgan fingerprint density at radius 1 is 1.25 bits per heavy atom. The number of hydrogen-bond acceptors (Lipinski definition) is 4. The third kappa shape index (κ3) is 4.10. The summed E-state index contributed by atoms with van der Waals surface area (Å²) < 4.78 is 6.97. The molecule has 6 heteroatoms. The average molecular weight is 324 g/mol. The Morgan fingerprint density at radius 3 is 2.88 bits per heavy atom. The van der Waals surface area contributed by atoms with E-state index in [-0.39, 0.29) is 5.91 Å². The summed E-state index contributed by atoms with van der Waals surface area (Å²) in [4.78, 5) is 12.1. The molecule has 0 atom stereocenters. The van der Waals surface area contributed by atoms with E-state index in [2.05, 4.69) is 34.6 Å². The number of carbonyl (C=O) groups is 1. The van der Waals surface area contributed by atoms with Gasteiger partial charge in [-0.1, -0.05) is 42.4 Å². The number of hydrogen-bond donors (Lipinski definition) is 1. The fourth-order valence-electron chi connectivity index (χ4n) is 2.41. The van der Waals surface area contributed by atoms with Crippen LogP contribution in [0.3, 0.4) is 0 Å². The summed E-state index contributed by atoms with van der Waals surface area (Å²) in [5.74, 6) is 0.496. The molecule has 0 saturated heterocycles. The maximum atomic E-state index is 12.1. The second-order valence-corrected chi connectivity index (χ2v) is 5.64. The smallest absolute Gasteiger partial charge is 0.273 e. The van der Waals surface area contributed by atoms with Crippen LogP contribution in [0, 0.1) is 0 Å². The van der Waals surface area contributed by atoms with Gasteiger partial charge in [-0.2, -0.15) is 5.10 Å². The van der Waals surface area contributed by atoms with Gasteiger partial charge in [0.25, 0.3) is 5.91 Å². The fourth-order valence-corrected chi connectivity index (χ4v) is 2.41. The van der Waals surface area contributed by atoms with Crippen molar-refractivity contribution in [3.8, 4) is 0 Å². The van der Waals surface area contributed by atoms with Gasteiger partial charge in [0.05, 0.1) is 12.7 Å². The fraction of sp³-hybridized carbons (Fsp3) is 0.278. The van der Waals surface area contributed by atoms with E-state index < -0.39 is 0 Å². The van der Waals surface area contributed by atoms with Crippen molar-refractivity contribution >= 4 is 5.91 Å². The molecule has 1 aromatic carbocycles. The Morgan fingerprint density at radius 2 is 2.08 bits per heavy atom. The quantitative estimate of drug-likeness (QED) is 0.725. The van der Waals surface area contributed by atoms with Gasteiger partial charge in [0.15, 0.2) is 5.69 Å². The number of rotatable bonds is 7. The summed E-state index contributed by atoms with van der Waals surface area (Å²) in [6.07, 6.45) is 5.43. The van der Waals surface area contributed by atoms with Crippen molar-refractivity contribution in [1.29, 1.82) is 0 Å². The predicted octanol–water partition coefficient (Wildman–Crippen LogP) is 2.80. The van der Waals surface area contributed by atoms with Crippen LogP contribution >= 0.6 is 0 Å². The second-order valence-electron chi connectivity index (χ2n) is 5.64. The van der Waals surface area contributed by atoms with Gasteiger partial charge in [0.2, 0.25) is 0 Å². The van der Waals surface area contributed by atoms with Crippen LogP contribution in [0.15, 0.2) is 53.3 Å². The molecule has 0 unspecified atom stereocenters. The molecular formula is C18H20N4O2. The molecule has 2 heterocycles. The Labute approximate surface area is 140 Å². The number of aryl methyl sites for hydroxylation is 1. The van der Waals surface area contributed by atoms with Crippen LogP contribution in [-0.2, 0) is 19.5 Å². The highest BCUT2D eigenvalue weighted by molar-refractivity contribution is 5.92. The highest BCUT2D eigenvalue weighted by Crippen LogP contribution is 2.07. The van der Waals surface area contributed by atoms with E-state index in [0.717, 1.165) is 24.2 Å². The monoisotopic (exact) mass is 324 g/mol. The lowest BCUT2D eigenvalue weighted by Gasteiger charge is -2.01. The summed E-state index contributed by atoms with van der Waals surface area (Å²) >= 11 is 0. The first-order valence-corrected chi connectivity index (χ1v) is 8.03. The van der Waals surface area contributed by atoms with E-state index in [4.69, 9.17) is 4.52 Å². The van der Waals surface area contributed by atoms with Gasteiger partial charge in [-0.3, -0.25) is 9.48 Å². The van der Waals surface area contributed by atoms with Gasteiger partial charge in [0, 0.05) is 30.8 Å². The molecule has 0 saturated carbocycles.